The number of carbonyl (C=O) groups is 1. The highest BCUT2D eigenvalue weighted by Gasteiger charge is 2.21. The summed E-state index contributed by atoms with van der Waals surface area (Å²) in [5, 5.41) is -0.606. The van der Waals surface area contributed by atoms with E-state index in [4.69, 9.17) is 0 Å². The van der Waals surface area contributed by atoms with Crippen molar-refractivity contribution >= 4 is 15.6 Å². The van der Waals surface area contributed by atoms with Crippen LogP contribution < -0.4 is 0 Å². The Labute approximate surface area is 94.2 Å². The zero-order valence-corrected chi connectivity index (χ0v) is 9.92. The van der Waals surface area contributed by atoms with Crippen molar-refractivity contribution in [2.45, 2.75) is 19.1 Å². The van der Waals surface area contributed by atoms with Gasteiger partial charge in [0.1, 0.15) is 11.6 Å². The van der Waals surface area contributed by atoms with Crippen molar-refractivity contribution in [2.24, 2.45) is 0 Å². The minimum atomic E-state index is -3.43. The van der Waals surface area contributed by atoms with E-state index in [9.17, 15) is 17.6 Å². The lowest BCUT2D eigenvalue weighted by molar-refractivity contribution is 0.102. The van der Waals surface area contributed by atoms with Crippen LogP contribution in [0.4, 0.5) is 4.39 Å². The van der Waals surface area contributed by atoms with Crippen LogP contribution in [0.25, 0.3) is 0 Å². The third-order valence-electron chi connectivity index (χ3n) is 2.20. The number of hydrogen-bond donors (Lipinski definition) is 0. The number of rotatable bonds is 4. The van der Waals surface area contributed by atoms with Crippen molar-refractivity contribution in [3.05, 3.63) is 35.6 Å². The number of ketones is 1. The monoisotopic (exact) mass is 244 g/mol. The summed E-state index contributed by atoms with van der Waals surface area (Å²) in [5.41, 5.74) is 0.0872. The van der Waals surface area contributed by atoms with Gasteiger partial charge in [0, 0.05) is 5.56 Å². The predicted octanol–water partition coefficient (Wildman–Crippen LogP) is 1.83. The van der Waals surface area contributed by atoms with Gasteiger partial charge in [-0.15, -0.1) is 0 Å². The molecule has 0 fully saturated rings. The molecule has 0 bridgehead atoms. The molecular weight excluding hydrogens is 231 g/mol. The maximum Gasteiger partial charge on any atom is 0.177 e. The standard InChI is InChI=1S/C11H13FO3S/c1-8(2)16(14,15)7-11(13)9-4-3-5-10(12)6-9/h3-6,8H,7H2,1-2H3. The van der Waals surface area contributed by atoms with E-state index in [-0.39, 0.29) is 5.56 Å². The highest BCUT2D eigenvalue weighted by Crippen LogP contribution is 2.08. The summed E-state index contributed by atoms with van der Waals surface area (Å²) in [6.07, 6.45) is 0. The molecule has 0 aliphatic carbocycles. The average Bonchev–Trinajstić information content (AvgIpc) is 2.16. The smallest absolute Gasteiger partial charge is 0.177 e. The van der Waals surface area contributed by atoms with E-state index in [1.807, 2.05) is 0 Å². The Morgan fingerprint density at radius 2 is 2.00 bits per heavy atom. The molecule has 0 amide bonds. The van der Waals surface area contributed by atoms with Crippen molar-refractivity contribution < 1.29 is 17.6 Å². The Morgan fingerprint density at radius 3 is 2.50 bits per heavy atom. The molecular formula is C11H13FO3S. The van der Waals surface area contributed by atoms with Gasteiger partial charge in [-0.1, -0.05) is 12.1 Å². The summed E-state index contributed by atoms with van der Waals surface area (Å²) in [4.78, 5) is 11.6. The second-order valence-corrected chi connectivity index (χ2v) is 6.35. The largest absolute Gasteiger partial charge is 0.293 e. The summed E-state index contributed by atoms with van der Waals surface area (Å²) in [5.74, 6) is -1.70. The van der Waals surface area contributed by atoms with Crippen LogP contribution in [0, 0.1) is 5.82 Å². The van der Waals surface area contributed by atoms with Gasteiger partial charge < -0.3 is 0 Å². The van der Waals surface area contributed by atoms with Crippen LogP contribution in [-0.4, -0.2) is 25.2 Å². The maximum absolute atomic E-state index is 12.8. The van der Waals surface area contributed by atoms with Crippen molar-refractivity contribution in [1.82, 2.24) is 0 Å². The van der Waals surface area contributed by atoms with Gasteiger partial charge in [-0.3, -0.25) is 4.79 Å². The topological polar surface area (TPSA) is 51.2 Å². The fraction of sp³-hybridized carbons (Fsp3) is 0.364. The summed E-state index contributed by atoms with van der Waals surface area (Å²) in [6, 6.07) is 5.03. The van der Waals surface area contributed by atoms with Crippen molar-refractivity contribution in [3.63, 3.8) is 0 Å². The molecule has 0 spiro atoms. The average molecular weight is 244 g/mol. The molecule has 0 heterocycles. The Bertz CT molecular complexity index is 492. The van der Waals surface area contributed by atoms with Crippen LogP contribution >= 0.6 is 0 Å². The molecule has 0 aliphatic rings. The molecule has 1 aromatic rings. The second-order valence-electron chi connectivity index (χ2n) is 3.79. The highest BCUT2D eigenvalue weighted by molar-refractivity contribution is 7.92. The first-order valence-electron chi connectivity index (χ1n) is 4.83. The van der Waals surface area contributed by atoms with E-state index in [1.165, 1.54) is 32.0 Å². The van der Waals surface area contributed by atoms with Crippen molar-refractivity contribution in [3.8, 4) is 0 Å². The Kier molecular flexibility index (Phi) is 3.80. The van der Waals surface area contributed by atoms with Crippen molar-refractivity contribution in [1.29, 1.82) is 0 Å². The lowest BCUT2D eigenvalue weighted by Crippen LogP contribution is -2.23. The summed E-state index contributed by atoms with van der Waals surface area (Å²) < 4.78 is 35.8. The van der Waals surface area contributed by atoms with Gasteiger partial charge in [0.15, 0.2) is 15.6 Å². The molecule has 16 heavy (non-hydrogen) atoms. The van der Waals surface area contributed by atoms with Crippen molar-refractivity contribution in [2.75, 3.05) is 5.75 Å². The van der Waals surface area contributed by atoms with Crippen LogP contribution in [-0.2, 0) is 9.84 Å². The molecule has 0 unspecified atom stereocenters. The summed E-state index contributed by atoms with van der Waals surface area (Å²) in [7, 11) is -3.43. The number of halogens is 1. The molecule has 0 radical (unpaired) electrons. The lowest BCUT2D eigenvalue weighted by Gasteiger charge is -2.06. The molecule has 0 atom stereocenters. The highest BCUT2D eigenvalue weighted by atomic mass is 32.2. The molecule has 1 rings (SSSR count). The Balaban J connectivity index is 2.90. The van der Waals surface area contributed by atoms with Gasteiger partial charge >= 0.3 is 0 Å². The van der Waals surface area contributed by atoms with E-state index >= 15 is 0 Å². The van der Waals surface area contributed by atoms with Gasteiger partial charge in [0.2, 0.25) is 0 Å². The molecule has 0 saturated carbocycles. The van der Waals surface area contributed by atoms with Crippen LogP contribution in [0.2, 0.25) is 0 Å². The van der Waals surface area contributed by atoms with Gasteiger partial charge in [0.05, 0.1) is 5.25 Å². The number of sulfone groups is 1. The fourth-order valence-electron chi connectivity index (χ4n) is 1.09. The zero-order chi connectivity index (χ0) is 12.3. The van der Waals surface area contributed by atoms with Gasteiger partial charge in [-0.2, -0.15) is 0 Å². The third-order valence-corrected chi connectivity index (χ3v) is 4.30. The molecule has 0 saturated heterocycles. The van der Waals surface area contributed by atoms with E-state index < -0.39 is 32.4 Å². The predicted molar refractivity (Wildman–Crippen MR) is 59.7 cm³/mol. The Morgan fingerprint density at radius 1 is 1.38 bits per heavy atom. The number of Topliss-reactive ketones (excluding diaryl/α,β-unsaturated/α-hetero) is 1. The molecule has 0 aromatic heterocycles. The number of hydrogen-bond acceptors (Lipinski definition) is 3. The maximum atomic E-state index is 12.8. The molecule has 1 aromatic carbocycles. The SMILES string of the molecule is CC(C)S(=O)(=O)CC(=O)c1cccc(F)c1. The van der Waals surface area contributed by atoms with Crippen LogP contribution in [0.3, 0.4) is 0 Å². The minimum Gasteiger partial charge on any atom is -0.293 e. The first-order valence-corrected chi connectivity index (χ1v) is 6.55. The molecule has 3 nitrogen and oxygen atoms in total. The zero-order valence-electron chi connectivity index (χ0n) is 9.10. The normalized spacial score (nSPS) is 11.8. The number of benzene rings is 1. The first-order chi connectivity index (χ1) is 7.33. The fourth-order valence-corrected chi connectivity index (χ4v) is 1.96. The van der Waals surface area contributed by atoms with Crippen LogP contribution in [0.15, 0.2) is 24.3 Å². The van der Waals surface area contributed by atoms with E-state index in [2.05, 4.69) is 0 Å². The van der Waals surface area contributed by atoms with E-state index in [0.717, 1.165) is 6.07 Å². The van der Waals surface area contributed by atoms with E-state index in [1.54, 1.807) is 0 Å². The Hall–Kier alpha value is -1.23. The molecule has 88 valence electrons. The van der Waals surface area contributed by atoms with Gasteiger partial charge in [-0.25, -0.2) is 12.8 Å². The van der Waals surface area contributed by atoms with Gasteiger partial charge in [0.25, 0.3) is 0 Å². The number of carbonyl (C=O) groups excluding carboxylic acids is 1. The second kappa shape index (κ2) is 4.74. The summed E-state index contributed by atoms with van der Waals surface area (Å²) >= 11 is 0. The first kappa shape index (κ1) is 12.8. The van der Waals surface area contributed by atoms with Crippen LogP contribution in [0.5, 0.6) is 0 Å². The van der Waals surface area contributed by atoms with Crippen LogP contribution in [0.1, 0.15) is 24.2 Å². The summed E-state index contributed by atoms with van der Waals surface area (Å²) in [6.45, 7) is 3.02. The molecule has 5 heteroatoms. The quantitative estimate of drug-likeness (QED) is 0.759. The molecule has 0 N–H and O–H groups in total. The minimum absolute atomic E-state index is 0.0872. The van der Waals surface area contributed by atoms with Gasteiger partial charge in [-0.05, 0) is 26.0 Å². The van der Waals surface area contributed by atoms with E-state index in [0.29, 0.717) is 0 Å². The lowest BCUT2D eigenvalue weighted by atomic mass is 10.1. The molecule has 0 aliphatic heterocycles. The third kappa shape index (κ3) is 3.13.